The first kappa shape index (κ1) is 17.6. The van der Waals surface area contributed by atoms with Gasteiger partial charge in [-0.15, -0.1) is 0 Å². The number of ether oxygens (including phenoxy) is 2. The van der Waals surface area contributed by atoms with Crippen molar-refractivity contribution in [1.82, 2.24) is 14.4 Å². The fourth-order valence-corrected chi connectivity index (χ4v) is 4.90. The highest BCUT2D eigenvalue weighted by atomic mass is 16.7. The van der Waals surface area contributed by atoms with Crippen molar-refractivity contribution in [3.8, 4) is 11.5 Å². The Morgan fingerprint density at radius 3 is 2.86 bits per heavy atom. The van der Waals surface area contributed by atoms with Gasteiger partial charge in [-0.1, -0.05) is 6.07 Å². The Morgan fingerprint density at radius 1 is 1.11 bits per heavy atom. The number of hydrogen-bond acceptors (Lipinski definition) is 4. The molecule has 1 amide bonds. The molecule has 148 valence electrons. The molecule has 4 heterocycles. The van der Waals surface area contributed by atoms with Crippen LogP contribution in [0.3, 0.4) is 0 Å². The van der Waals surface area contributed by atoms with Gasteiger partial charge in [0.1, 0.15) is 0 Å². The fourth-order valence-electron chi connectivity index (χ4n) is 4.90. The van der Waals surface area contributed by atoms with Gasteiger partial charge in [0.2, 0.25) is 12.7 Å². The molecule has 2 atom stereocenters. The molecule has 0 spiro atoms. The highest BCUT2D eigenvalue weighted by Crippen LogP contribution is 2.36. The van der Waals surface area contributed by atoms with Crippen molar-refractivity contribution in [2.75, 3.05) is 19.9 Å². The Kier molecular flexibility index (Phi) is 4.51. The highest BCUT2D eigenvalue weighted by Gasteiger charge is 2.39. The number of rotatable bonds is 4. The average molecular weight is 381 g/mol. The third kappa shape index (κ3) is 3.26. The Labute approximate surface area is 165 Å². The van der Waals surface area contributed by atoms with Gasteiger partial charge in [0, 0.05) is 57.6 Å². The van der Waals surface area contributed by atoms with Crippen LogP contribution in [0, 0.1) is 5.92 Å². The Bertz CT molecular complexity index is 878. The van der Waals surface area contributed by atoms with E-state index in [1.54, 1.807) is 0 Å². The van der Waals surface area contributed by atoms with Gasteiger partial charge >= 0.3 is 0 Å². The second kappa shape index (κ2) is 7.17. The molecule has 0 bridgehead atoms. The van der Waals surface area contributed by atoms with E-state index in [-0.39, 0.29) is 12.7 Å². The predicted octanol–water partition coefficient (Wildman–Crippen LogP) is 2.77. The first-order valence-corrected chi connectivity index (χ1v) is 10.2. The predicted molar refractivity (Wildman–Crippen MR) is 105 cm³/mol. The van der Waals surface area contributed by atoms with Crippen LogP contribution < -0.4 is 9.47 Å². The molecule has 0 radical (unpaired) electrons. The number of hydrogen-bond donors (Lipinski definition) is 0. The normalized spacial score (nSPS) is 24.5. The van der Waals surface area contributed by atoms with Crippen molar-refractivity contribution >= 4 is 5.91 Å². The number of piperidine rings is 2. The number of aromatic nitrogens is 1. The number of aryl methyl sites for hydroxylation is 1. The van der Waals surface area contributed by atoms with Crippen LogP contribution in [0.1, 0.15) is 30.5 Å². The minimum atomic E-state index is 0.281. The zero-order chi connectivity index (χ0) is 19.1. The fraction of sp³-hybridized carbons (Fsp3) is 0.500. The standard InChI is InChI=1S/C22H27N3O3/c1-23-9-2-3-18(23)14-24-10-8-19-17(13-24)5-7-22(26)25(19)12-16-4-6-20-21(11-16)28-15-27-20/h2-4,6,9,11,17,19H,5,7-8,10,12-15H2,1H3/t17-,19+/m1/s1. The summed E-state index contributed by atoms with van der Waals surface area (Å²) in [6.45, 7) is 4.04. The van der Waals surface area contributed by atoms with E-state index in [2.05, 4.69) is 45.8 Å². The Morgan fingerprint density at radius 2 is 2.00 bits per heavy atom. The van der Waals surface area contributed by atoms with Crippen molar-refractivity contribution in [1.29, 1.82) is 0 Å². The van der Waals surface area contributed by atoms with Crippen LogP contribution in [0.2, 0.25) is 0 Å². The van der Waals surface area contributed by atoms with E-state index in [0.717, 1.165) is 49.5 Å². The molecule has 2 aromatic rings. The lowest BCUT2D eigenvalue weighted by Crippen LogP contribution is -2.55. The Hall–Kier alpha value is -2.47. The smallest absolute Gasteiger partial charge is 0.231 e. The zero-order valence-electron chi connectivity index (χ0n) is 16.3. The molecule has 0 aliphatic carbocycles. The molecule has 3 aliphatic rings. The summed E-state index contributed by atoms with van der Waals surface area (Å²) in [5.74, 6) is 2.42. The molecule has 2 fully saturated rings. The number of fused-ring (bicyclic) bond motifs is 2. The van der Waals surface area contributed by atoms with Crippen LogP contribution in [-0.4, -0.2) is 46.2 Å². The molecule has 28 heavy (non-hydrogen) atoms. The van der Waals surface area contributed by atoms with Crippen molar-refractivity contribution in [2.45, 2.75) is 38.4 Å². The van der Waals surface area contributed by atoms with Crippen LogP contribution in [0.25, 0.3) is 0 Å². The van der Waals surface area contributed by atoms with Gasteiger partial charge in [0.25, 0.3) is 0 Å². The lowest BCUT2D eigenvalue weighted by molar-refractivity contribution is -0.142. The minimum Gasteiger partial charge on any atom is -0.454 e. The van der Waals surface area contributed by atoms with E-state index in [1.807, 2.05) is 12.1 Å². The summed E-state index contributed by atoms with van der Waals surface area (Å²) < 4.78 is 13.1. The van der Waals surface area contributed by atoms with E-state index >= 15 is 0 Å². The van der Waals surface area contributed by atoms with E-state index < -0.39 is 0 Å². The number of benzene rings is 1. The van der Waals surface area contributed by atoms with Crippen LogP contribution in [0.15, 0.2) is 36.5 Å². The van der Waals surface area contributed by atoms with E-state index in [9.17, 15) is 4.79 Å². The van der Waals surface area contributed by atoms with Crippen LogP contribution in [0.4, 0.5) is 0 Å². The second-order valence-electron chi connectivity index (χ2n) is 8.21. The molecule has 6 nitrogen and oxygen atoms in total. The van der Waals surface area contributed by atoms with Crippen LogP contribution >= 0.6 is 0 Å². The lowest BCUT2D eigenvalue weighted by atomic mass is 9.83. The number of amides is 1. The molecule has 0 saturated carbocycles. The topological polar surface area (TPSA) is 46.9 Å². The minimum absolute atomic E-state index is 0.281. The first-order valence-electron chi connectivity index (χ1n) is 10.2. The second-order valence-corrected chi connectivity index (χ2v) is 8.21. The van der Waals surface area contributed by atoms with Crippen molar-refractivity contribution < 1.29 is 14.3 Å². The van der Waals surface area contributed by atoms with Crippen LogP contribution in [0.5, 0.6) is 11.5 Å². The van der Waals surface area contributed by atoms with Gasteiger partial charge < -0.3 is 18.9 Å². The summed E-state index contributed by atoms with van der Waals surface area (Å²) >= 11 is 0. The third-order valence-electron chi connectivity index (χ3n) is 6.45. The van der Waals surface area contributed by atoms with E-state index in [0.29, 0.717) is 24.9 Å². The molecule has 2 saturated heterocycles. The van der Waals surface area contributed by atoms with Gasteiger partial charge in [-0.25, -0.2) is 0 Å². The SMILES string of the molecule is Cn1cccc1CN1CC[C@H]2[C@H](CCC(=O)N2Cc2ccc3c(c2)OCO3)C1. The maximum absolute atomic E-state index is 12.7. The molecule has 1 aromatic heterocycles. The number of nitrogens with zero attached hydrogens (tertiary/aromatic N) is 3. The summed E-state index contributed by atoms with van der Waals surface area (Å²) in [5, 5.41) is 0. The summed E-state index contributed by atoms with van der Waals surface area (Å²) in [6.07, 6.45) is 4.81. The Balaban J connectivity index is 1.28. The monoisotopic (exact) mass is 381 g/mol. The molecule has 3 aliphatic heterocycles. The number of likely N-dealkylation sites (tertiary alicyclic amines) is 2. The van der Waals surface area contributed by atoms with Gasteiger partial charge in [0.15, 0.2) is 11.5 Å². The molecule has 0 N–H and O–H groups in total. The maximum atomic E-state index is 12.7. The summed E-state index contributed by atoms with van der Waals surface area (Å²) in [6, 6.07) is 10.7. The summed E-state index contributed by atoms with van der Waals surface area (Å²) in [7, 11) is 2.11. The van der Waals surface area contributed by atoms with Gasteiger partial charge in [0.05, 0.1) is 0 Å². The molecule has 6 heteroatoms. The number of carbonyl (C=O) groups is 1. The van der Waals surface area contributed by atoms with Gasteiger partial charge in [-0.2, -0.15) is 0 Å². The summed E-state index contributed by atoms with van der Waals surface area (Å²) in [5.41, 5.74) is 2.46. The van der Waals surface area contributed by atoms with Crippen LogP contribution in [-0.2, 0) is 24.9 Å². The highest BCUT2D eigenvalue weighted by molar-refractivity contribution is 5.77. The molecular weight excluding hydrogens is 354 g/mol. The third-order valence-corrected chi connectivity index (χ3v) is 6.45. The largest absolute Gasteiger partial charge is 0.454 e. The first-order chi connectivity index (χ1) is 13.7. The number of carbonyl (C=O) groups excluding carboxylic acids is 1. The lowest BCUT2D eigenvalue weighted by Gasteiger charge is -2.47. The molecule has 0 unspecified atom stereocenters. The van der Waals surface area contributed by atoms with E-state index in [4.69, 9.17) is 9.47 Å². The van der Waals surface area contributed by atoms with Gasteiger partial charge in [-0.3, -0.25) is 9.69 Å². The van der Waals surface area contributed by atoms with Crippen molar-refractivity contribution in [2.24, 2.45) is 13.0 Å². The summed E-state index contributed by atoms with van der Waals surface area (Å²) in [4.78, 5) is 17.4. The molecule has 5 rings (SSSR count). The van der Waals surface area contributed by atoms with Crippen molar-refractivity contribution in [3.63, 3.8) is 0 Å². The van der Waals surface area contributed by atoms with E-state index in [1.165, 1.54) is 5.69 Å². The molecule has 1 aromatic carbocycles. The average Bonchev–Trinajstić information content (AvgIpc) is 3.33. The molecular formula is C22H27N3O3. The zero-order valence-corrected chi connectivity index (χ0v) is 16.3. The maximum Gasteiger partial charge on any atom is 0.231 e. The van der Waals surface area contributed by atoms with Gasteiger partial charge in [-0.05, 0) is 48.6 Å². The quantitative estimate of drug-likeness (QED) is 0.817. The van der Waals surface area contributed by atoms with Crippen molar-refractivity contribution in [3.05, 3.63) is 47.8 Å².